The third-order valence-corrected chi connectivity index (χ3v) is 6.76. The number of nitrogens with one attached hydrogen (secondary N) is 2. The van der Waals surface area contributed by atoms with Crippen molar-refractivity contribution < 1.29 is 4.79 Å². The number of benzene rings is 1. The lowest BCUT2D eigenvalue weighted by Crippen LogP contribution is -2.31. The highest BCUT2D eigenvalue weighted by atomic mass is 16.2. The number of carbonyl (C=O) groups excluding carboxylic acids is 1. The van der Waals surface area contributed by atoms with Gasteiger partial charge in [0, 0.05) is 37.8 Å². The van der Waals surface area contributed by atoms with Crippen molar-refractivity contribution in [3.05, 3.63) is 62.1 Å². The summed E-state index contributed by atoms with van der Waals surface area (Å²) in [5.41, 5.74) is 1.92. The number of hydrogen-bond acceptors (Lipinski definition) is 5. The summed E-state index contributed by atoms with van der Waals surface area (Å²) in [6.45, 7) is 3.92. The van der Waals surface area contributed by atoms with Crippen molar-refractivity contribution in [3.63, 3.8) is 0 Å². The number of amides is 1. The molecule has 2 aliphatic rings. The number of rotatable bonds is 10. The van der Waals surface area contributed by atoms with E-state index in [4.69, 9.17) is 4.98 Å². The maximum absolute atomic E-state index is 12.6. The van der Waals surface area contributed by atoms with Gasteiger partial charge in [-0.05, 0) is 49.8 Å². The van der Waals surface area contributed by atoms with Crippen molar-refractivity contribution in [2.24, 2.45) is 7.05 Å². The molecule has 5 rings (SSSR count). The van der Waals surface area contributed by atoms with Crippen molar-refractivity contribution in [3.8, 4) is 0 Å². The van der Waals surface area contributed by atoms with Gasteiger partial charge in [-0.3, -0.25) is 24.0 Å². The van der Waals surface area contributed by atoms with Crippen LogP contribution in [0.15, 0.2) is 33.9 Å². The van der Waals surface area contributed by atoms with Gasteiger partial charge in [0.05, 0.1) is 6.54 Å². The molecular formula is C25H32N6O3. The molecular weight excluding hydrogens is 432 g/mol. The number of imidazole rings is 1. The van der Waals surface area contributed by atoms with Gasteiger partial charge in [0.15, 0.2) is 11.2 Å². The van der Waals surface area contributed by atoms with Gasteiger partial charge in [0.2, 0.25) is 0 Å². The standard InChI is InChI=1S/C25H32N6O3/c1-3-4-13-31-22-21(24(33)28-25(31)34)29(2)20(27-22)15-30(19-11-12-19)14-16-5-7-17(8-6-16)23(32)26-18-9-10-18/h5-8,18-19H,3-4,9-15H2,1-2H3,(H,26,32)(H,28,33,34). The van der Waals surface area contributed by atoms with Gasteiger partial charge in [-0.2, -0.15) is 0 Å². The predicted molar refractivity (Wildman–Crippen MR) is 130 cm³/mol. The minimum atomic E-state index is -0.402. The normalized spacial score (nSPS) is 15.9. The van der Waals surface area contributed by atoms with E-state index in [1.165, 1.54) is 0 Å². The number of fused-ring (bicyclic) bond motifs is 1. The number of unbranched alkanes of at least 4 members (excludes halogenated alkanes) is 1. The molecule has 2 N–H and O–H groups in total. The SMILES string of the molecule is CCCCn1c(=O)[nH]c(=O)c2c1nc(CN(Cc1ccc(C(=O)NC3CC3)cc1)C1CC1)n2C. The van der Waals surface area contributed by atoms with Crippen LogP contribution in [0.4, 0.5) is 0 Å². The quantitative estimate of drug-likeness (QED) is 0.479. The van der Waals surface area contributed by atoms with Crippen LogP contribution in [0.1, 0.15) is 67.2 Å². The van der Waals surface area contributed by atoms with Crippen LogP contribution in [0.5, 0.6) is 0 Å². The molecule has 9 heteroatoms. The van der Waals surface area contributed by atoms with E-state index < -0.39 is 11.2 Å². The molecule has 34 heavy (non-hydrogen) atoms. The van der Waals surface area contributed by atoms with E-state index >= 15 is 0 Å². The topological polar surface area (TPSA) is 105 Å². The van der Waals surface area contributed by atoms with Crippen LogP contribution < -0.4 is 16.6 Å². The van der Waals surface area contributed by atoms with Crippen molar-refractivity contribution >= 4 is 17.1 Å². The Balaban J connectivity index is 1.37. The Hall–Kier alpha value is -3.20. The molecule has 0 saturated heterocycles. The maximum Gasteiger partial charge on any atom is 0.330 e. The molecule has 2 aromatic heterocycles. The van der Waals surface area contributed by atoms with E-state index in [9.17, 15) is 14.4 Å². The van der Waals surface area contributed by atoms with E-state index in [0.29, 0.717) is 41.9 Å². The van der Waals surface area contributed by atoms with Crippen LogP contribution in [0.25, 0.3) is 11.2 Å². The lowest BCUT2D eigenvalue weighted by atomic mass is 10.1. The summed E-state index contributed by atoms with van der Waals surface area (Å²) in [5, 5.41) is 3.02. The predicted octanol–water partition coefficient (Wildman–Crippen LogP) is 2.28. The van der Waals surface area contributed by atoms with Gasteiger partial charge in [-0.15, -0.1) is 0 Å². The zero-order valence-electron chi connectivity index (χ0n) is 19.8. The molecule has 0 bridgehead atoms. The van der Waals surface area contributed by atoms with Crippen molar-refractivity contribution in [1.82, 2.24) is 29.3 Å². The van der Waals surface area contributed by atoms with Crippen LogP contribution in [-0.2, 0) is 26.7 Å². The number of hydrogen-bond donors (Lipinski definition) is 2. The van der Waals surface area contributed by atoms with Crippen LogP contribution in [0.3, 0.4) is 0 Å². The second-order valence-corrected chi connectivity index (χ2v) is 9.60. The molecule has 3 aromatic rings. The van der Waals surface area contributed by atoms with Crippen molar-refractivity contribution in [2.75, 3.05) is 0 Å². The van der Waals surface area contributed by atoms with Crippen molar-refractivity contribution in [2.45, 2.75) is 77.2 Å². The molecule has 1 amide bonds. The smallest absolute Gasteiger partial charge is 0.330 e. The summed E-state index contributed by atoms with van der Waals surface area (Å²) < 4.78 is 3.40. The van der Waals surface area contributed by atoms with E-state index in [-0.39, 0.29) is 5.91 Å². The maximum atomic E-state index is 12.6. The average Bonchev–Trinajstić information content (AvgIpc) is 3.73. The molecule has 2 aliphatic carbocycles. The fourth-order valence-electron chi connectivity index (χ4n) is 4.38. The zero-order chi connectivity index (χ0) is 23.8. The van der Waals surface area contributed by atoms with Crippen LogP contribution in [-0.4, -0.2) is 42.0 Å². The van der Waals surface area contributed by atoms with E-state index in [0.717, 1.165) is 56.5 Å². The van der Waals surface area contributed by atoms with Crippen LogP contribution in [0, 0.1) is 0 Å². The van der Waals surface area contributed by atoms with Gasteiger partial charge in [0.1, 0.15) is 5.82 Å². The molecule has 0 aliphatic heterocycles. The summed E-state index contributed by atoms with van der Waals surface area (Å²) >= 11 is 0. The largest absolute Gasteiger partial charge is 0.349 e. The third kappa shape index (κ3) is 4.70. The molecule has 0 unspecified atom stereocenters. The molecule has 180 valence electrons. The van der Waals surface area contributed by atoms with Crippen LogP contribution in [0.2, 0.25) is 0 Å². The van der Waals surface area contributed by atoms with Gasteiger partial charge in [-0.1, -0.05) is 25.5 Å². The molecule has 2 heterocycles. The highest BCUT2D eigenvalue weighted by Gasteiger charge is 2.31. The van der Waals surface area contributed by atoms with E-state index in [1.807, 2.05) is 35.9 Å². The molecule has 1 aromatic carbocycles. The number of H-pyrrole nitrogens is 1. The lowest BCUT2D eigenvalue weighted by Gasteiger charge is -2.22. The first-order valence-corrected chi connectivity index (χ1v) is 12.3. The summed E-state index contributed by atoms with van der Waals surface area (Å²) in [5.74, 6) is 0.760. The number of nitrogens with zero attached hydrogens (tertiary/aromatic N) is 4. The van der Waals surface area contributed by atoms with Gasteiger partial charge < -0.3 is 9.88 Å². The molecule has 0 atom stereocenters. The minimum absolute atomic E-state index is 0.00728. The third-order valence-electron chi connectivity index (χ3n) is 6.76. The monoisotopic (exact) mass is 464 g/mol. The fraction of sp³-hybridized carbons (Fsp3) is 0.520. The lowest BCUT2D eigenvalue weighted by molar-refractivity contribution is 0.0951. The van der Waals surface area contributed by atoms with Crippen molar-refractivity contribution in [1.29, 1.82) is 0 Å². The second kappa shape index (κ2) is 9.21. The Labute approximate surface area is 197 Å². The summed E-state index contributed by atoms with van der Waals surface area (Å²) in [4.78, 5) is 46.8. The van der Waals surface area contributed by atoms with E-state index in [2.05, 4.69) is 22.1 Å². The average molecular weight is 465 g/mol. The Morgan fingerprint density at radius 3 is 2.53 bits per heavy atom. The minimum Gasteiger partial charge on any atom is -0.349 e. The molecule has 0 spiro atoms. The van der Waals surface area contributed by atoms with Crippen LogP contribution >= 0.6 is 0 Å². The highest BCUT2D eigenvalue weighted by Crippen LogP contribution is 2.30. The number of aryl methyl sites for hydroxylation is 2. The molecule has 2 saturated carbocycles. The Morgan fingerprint density at radius 1 is 1.15 bits per heavy atom. The first kappa shape index (κ1) is 22.6. The number of aromatic amines is 1. The Bertz CT molecular complexity index is 1310. The fourth-order valence-corrected chi connectivity index (χ4v) is 4.38. The number of aromatic nitrogens is 4. The Kier molecular flexibility index (Phi) is 6.12. The summed E-state index contributed by atoms with van der Waals surface area (Å²) in [6, 6.07) is 8.62. The first-order valence-electron chi connectivity index (χ1n) is 12.3. The molecule has 2 fully saturated rings. The van der Waals surface area contributed by atoms with E-state index in [1.54, 1.807) is 4.57 Å². The van der Waals surface area contributed by atoms with Gasteiger partial charge in [0.25, 0.3) is 11.5 Å². The molecule has 0 radical (unpaired) electrons. The summed E-state index contributed by atoms with van der Waals surface area (Å²) in [6.07, 6.45) is 6.20. The molecule has 9 nitrogen and oxygen atoms in total. The van der Waals surface area contributed by atoms with Gasteiger partial charge >= 0.3 is 5.69 Å². The Morgan fingerprint density at radius 2 is 1.88 bits per heavy atom. The van der Waals surface area contributed by atoms with Gasteiger partial charge in [-0.25, -0.2) is 9.78 Å². The second-order valence-electron chi connectivity index (χ2n) is 9.60. The summed E-state index contributed by atoms with van der Waals surface area (Å²) in [7, 11) is 1.84. The highest BCUT2D eigenvalue weighted by molar-refractivity contribution is 5.94. The zero-order valence-corrected chi connectivity index (χ0v) is 19.8. The first-order chi connectivity index (χ1) is 16.4. The number of carbonyl (C=O) groups is 1.